The molecular weight excluding hydrogens is 366 g/mol. The molecule has 1 aliphatic heterocycles. The van der Waals surface area contributed by atoms with Gasteiger partial charge in [0.25, 0.3) is 5.69 Å². The van der Waals surface area contributed by atoms with Crippen LogP contribution in [0.2, 0.25) is 5.02 Å². The van der Waals surface area contributed by atoms with E-state index in [9.17, 15) is 18.5 Å². The maximum atomic E-state index is 12.9. The Bertz CT molecular complexity index is 772. The van der Waals surface area contributed by atoms with Gasteiger partial charge in [0.1, 0.15) is 9.92 Å². The summed E-state index contributed by atoms with van der Waals surface area (Å²) in [6.07, 6.45) is 4.03. The molecule has 2 aliphatic rings. The number of hydrogen-bond donors (Lipinski definition) is 1. The Morgan fingerprint density at radius 2 is 1.92 bits per heavy atom. The fourth-order valence-electron chi connectivity index (χ4n) is 3.13. The van der Waals surface area contributed by atoms with Crippen LogP contribution in [-0.4, -0.2) is 43.3 Å². The van der Waals surface area contributed by atoms with Gasteiger partial charge in [0.05, 0.1) is 4.92 Å². The predicted octanol–water partition coefficient (Wildman–Crippen LogP) is 2.71. The van der Waals surface area contributed by atoms with Crippen molar-refractivity contribution in [1.29, 1.82) is 0 Å². The number of halogens is 1. The molecule has 7 nitrogen and oxygen atoms in total. The largest absolute Gasteiger partial charge is 0.314 e. The summed E-state index contributed by atoms with van der Waals surface area (Å²) >= 11 is 6.04. The zero-order chi connectivity index (χ0) is 18.2. The minimum Gasteiger partial charge on any atom is -0.314 e. The van der Waals surface area contributed by atoms with Gasteiger partial charge in [-0.05, 0) is 56.7 Å². The molecule has 0 atom stereocenters. The molecule has 25 heavy (non-hydrogen) atoms. The van der Waals surface area contributed by atoms with Gasteiger partial charge in [-0.1, -0.05) is 11.6 Å². The number of nitrogens with one attached hydrogen (secondary N) is 1. The van der Waals surface area contributed by atoms with E-state index < -0.39 is 14.9 Å². The molecule has 1 aliphatic carbocycles. The standard InChI is InChI=1S/C16H22ClN3O4S/c1-11-8-14(20(21)22)16(17)15(9-11)25(23,24)19-6-4-13(5-7-19)18-10-12-2-3-12/h8-9,12-13,18H,2-7,10H2,1H3. The van der Waals surface area contributed by atoms with Crippen LogP contribution < -0.4 is 5.32 Å². The number of nitro groups is 1. The second-order valence-corrected chi connectivity index (χ2v) is 9.17. The third-order valence-electron chi connectivity index (χ3n) is 4.82. The van der Waals surface area contributed by atoms with Gasteiger partial charge in [-0.25, -0.2) is 8.42 Å². The number of aryl methyl sites for hydroxylation is 1. The summed E-state index contributed by atoms with van der Waals surface area (Å²) < 4.78 is 27.2. The molecule has 1 aromatic carbocycles. The van der Waals surface area contributed by atoms with Crippen LogP contribution in [0.25, 0.3) is 0 Å². The topological polar surface area (TPSA) is 92.5 Å². The van der Waals surface area contributed by atoms with Crippen molar-refractivity contribution < 1.29 is 13.3 Å². The lowest BCUT2D eigenvalue weighted by Crippen LogP contribution is -2.45. The summed E-state index contributed by atoms with van der Waals surface area (Å²) in [7, 11) is -3.84. The number of benzene rings is 1. The van der Waals surface area contributed by atoms with Crippen LogP contribution in [0, 0.1) is 23.0 Å². The average Bonchev–Trinajstić information content (AvgIpc) is 3.39. The average molecular weight is 388 g/mol. The molecule has 0 amide bonds. The van der Waals surface area contributed by atoms with Crippen LogP contribution in [0.15, 0.2) is 17.0 Å². The Kier molecular flexibility index (Phi) is 5.34. The van der Waals surface area contributed by atoms with Crippen molar-refractivity contribution in [2.75, 3.05) is 19.6 Å². The molecule has 0 aromatic heterocycles. The molecule has 1 aromatic rings. The Balaban J connectivity index is 1.75. The van der Waals surface area contributed by atoms with Crippen molar-refractivity contribution >= 4 is 27.3 Å². The second kappa shape index (κ2) is 7.19. The molecule has 3 rings (SSSR count). The number of piperidine rings is 1. The number of sulfonamides is 1. The summed E-state index contributed by atoms with van der Waals surface area (Å²) in [5.74, 6) is 0.786. The molecule has 9 heteroatoms. The van der Waals surface area contributed by atoms with Gasteiger partial charge in [-0.3, -0.25) is 10.1 Å². The van der Waals surface area contributed by atoms with Gasteiger partial charge in [0, 0.05) is 25.2 Å². The fraction of sp³-hybridized carbons (Fsp3) is 0.625. The number of rotatable bonds is 6. The first-order valence-corrected chi connectivity index (χ1v) is 10.3. The molecule has 0 radical (unpaired) electrons. The van der Waals surface area contributed by atoms with E-state index in [0.29, 0.717) is 24.7 Å². The van der Waals surface area contributed by atoms with Crippen molar-refractivity contribution in [3.05, 3.63) is 32.8 Å². The molecule has 1 saturated heterocycles. The maximum absolute atomic E-state index is 12.9. The first-order valence-electron chi connectivity index (χ1n) is 8.47. The van der Waals surface area contributed by atoms with Crippen molar-refractivity contribution in [2.45, 2.75) is 43.5 Å². The Morgan fingerprint density at radius 3 is 2.48 bits per heavy atom. The number of hydrogen-bond acceptors (Lipinski definition) is 5. The minimum absolute atomic E-state index is 0.176. The van der Waals surface area contributed by atoms with E-state index in [4.69, 9.17) is 11.6 Å². The van der Waals surface area contributed by atoms with Crippen LogP contribution in [0.3, 0.4) is 0 Å². The van der Waals surface area contributed by atoms with E-state index in [1.165, 1.54) is 29.3 Å². The highest BCUT2D eigenvalue weighted by atomic mass is 35.5. The highest BCUT2D eigenvalue weighted by Gasteiger charge is 2.34. The summed E-state index contributed by atoms with van der Waals surface area (Å²) in [4.78, 5) is 10.3. The summed E-state index contributed by atoms with van der Waals surface area (Å²) in [6, 6.07) is 3.02. The van der Waals surface area contributed by atoms with Crippen LogP contribution >= 0.6 is 11.6 Å². The van der Waals surface area contributed by atoms with Crippen molar-refractivity contribution in [3.63, 3.8) is 0 Å². The lowest BCUT2D eigenvalue weighted by molar-refractivity contribution is -0.385. The molecule has 1 N–H and O–H groups in total. The summed E-state index contributed by atoms with van der Waals surface area (Å²) in [5.41, 5.74) is 0.122. The molecule has 0 spiro atoms. The molecule has 0 bridgehead atoms. The fourth-order valence-corrected chi connectivity index (χ4v) is 5.24. The van der Waals surface area contributed by atoms with Gasteiger partial charge in [0.15, 0.2) is 0 Å². The van der Waals surface area contributed by atoms with E-state index in [0.717, 1.165) is 25.3 Å². The van der Waals surface area contributed by atoms with E-state index in [2.05, 4.69) is 5.32 Å². The predicted molar refractivity (Wildman–Crippen MR) is 95.4 cm³/mol. The molecule has 138 valence electrons. The lowest BCUT2D eigenvalue weighted by Gasteiger charge is -2.32. The van der Waals surface area contributed by atoms with Gasteiger partial charge < -0.3 is 5.32 Å². The Morgan fingerprint density at radius 1 is 1.28 bits per heavy atom. The highest BCUT2D eigenvalue weighted by Crippen LogP contribution is 2.35. The smallest absolute Gasteiger partial charge is 0.289 e. The summed E-state index contributed by atoms with van der Waals surface area (Å²) in [5, 5.41) is 14.3. The Labute approximate surface area is 152 Å². The van der Waals surface area contributed by atoms with Gasteiger partial charge in [0.2, 0.25) is 10.0 Å². The third kappa shape index (κ3) is 4.13. The first kappa shape index (κ1) is 18.6. The van der Waals surface area contributed by atoms with E-state index >= 15 is 0 Å². The van der Waals surface area contributed by atoms with Crippen LogP contribution in [-0.2, 0) is 10.0 Å². The van der Waals surface area contributed by atoms with E-state index in [1.807, 2.05) is 0 Å². The van der Waals surface area contributed by atoms with E-state index in [1.54, 1.807) is 6.92 Å². The molecule has 1 heterocycles. The van der Waals surface area contributed by atoms with Gasteiger partial charge in [-0.15, -0.1) is 0 Å². The third-order valence-corrected chi connectivity index (χ3v) is 7.26. The quantitative estimate of drug-likeness (QED) is 0.598. The normalized spacial score (nSPS) is 19.9. The number of nitrogens with zero attached hydrogens (tertiary/aromatic N) is 2. The first-order chi connectivity index (χ1) is 11.8. The lowest BCUT2D eigenvalue weighted by atomic mass is 10.1. The summed E-state index contributed by atoms with van der Waals surface area (Å²) in [6.45, 7) is 3.41. The van der Waals surface area contributed by atoms with Crippen LogP contribution in [0.1, 0.15) is 31.2 Å². The monoisotopic (exact) mass is 387 g/mol. The second-order valence-electron chi connectivity index (χ2n) is 6.88. The van der Waals surface area contributed by atoms with E-state index in [-0.39, 0.29) is 15.6 Å². The van der Waals surface area contributed by atoms with Crippen LogP contribution in [0.4, 0.5) is 5.69 Å². The SMILES string of the molecule is Cc1cc([N+](=O)[O-])c(Cl)c(S(=O)(=O)N2CCC(NCC3CC3)CC2)c1. The van der Waals surface area contributed by atoms with Gasteiger partial charge in [-0.2, -0.15) is 4.31 Å². The molecule has 1 saturated carbocycles. The Hall–Kier alpha value is -1.22. The molecule has 2 fully saturated rings. The maximum Gasteiger partial charge on any atom is 0.289 e. The zero-order valence-corrected chi connectivity index (χ0v) is 15.6. The molecule has 0 unspecified atom stereocenters. The minimum atomic E-state index is -3.84. The van der Waals surface area contributed by atoms with Crippen molar-refractivity contribution in [2.24, 2.45) is 5.92 Å². The van der Waals surface area contributed by atoms with Crippen molar-refractivity contribution in [1.82, 2.24) is 9.62 Å². The van der Waals surface area contributed by atoms with Gasteiger partial charge >= 0.3 is 0 Å². The molecular formula is C16H22ClN3O4S. The highest BCUT2D eigenvalue weighted by molar-refractivity contribution is 7.89. The van der Waals surface area contributed by atoms with Crippen LogP contribution in [0.5, 0.6) is 0 Å². The number of nitro benzene ring substituents is 1. The van der Waals surface area contributed by atoms with Crippen molar-refractivity contribution in [3.8, 4) is 0 Å². The zero-order valence-electron chi connectivity index (χ0n) is 14.1.